The Balaban J connectivity index is 1.89. The molecule has 2 N–H and O–H groups in total. The van der Waals surface area contributed by atoms with Crippen LogP contribution in [0.15, 0.2) is 119 Å². The quantitative estimate of drug-likeness (QED) is 0.188. The van der Waals surface area contributed by atoms with Gasteiger partial charge < -0.3 is 10.2 Å². The summed E-state index contributed by atoms with van der Waals surface area (Å²) in [4.78, 5) is 12.9. The first-order valence-electron chi connectivity index (χ1n) is 15.7. The van der Waals surface area contributed by atoms with Crippen LogP contribution in [0.4, 0.5) is 0 Å². The lowest BCUT2D eigenvalue weighted by Gasteiger charge is -2.35. The van der Waals surface area contributed by atoms with Crippen molar-refractivity contribution in [1.82, 2.24) is 0 Å². The van der Waals surface area contributed by atoms with Gasteiger partial charge in [-0.2, -0.15) is 0 Å². The van der Waals surface area contributed by atoms with Gasteiger partial charge >= 0.3 is 0 Å². The molecule has 0 amide bonds. The first-order valence-corrected chi connectivity index (χ1v) is 15.7. The van der Waals surface area contributed by atoms with Crippen LogP contribution in [0.5, 0.6) is 0 Å². The molecule has 0 heterocycles. The lowest BCUT2D eigenvalue weighted by molar-refractivity contribution is -0.127. The minimum absolute atomic E-state index is 0.00528. The Hall–Kier alpha value is -3.01. The average Bonchev–Trinajstić information content (AvgIpc) is 3.10. The highest BCUT2D eigenvalue weighted by molar-refractivity contribution is 5.95. The molecular weight excluding hydrogens is 528 g/mol. The molecule has 2 rings (SSSR count). The molecule has 0 spiro atoms. The SMILES string of the molecule is CC1=C(/C=C/C(C)=C/C=C\C(C)=C/C=C/C=C(C)/C=C/C=C(C)/C=C/C(=O)[C@@]2(C)C[C@H](O)CC2(C)C)C(C)(C)C[C@H](O)C1. The molecule has 1 saturated carbocycles. The summed E-state index contributed by atoms with van der Waals surface area (Å²) in [5.41, 5.74) is 6.34. The highest BCUT2D eigenvalue weighted by Crippen LogP contribution is 2.53. The molecule has 0 bridgehead atoms. The number of rotatable bonds is 11. The van der Waals surface area contributed by atoms with E-state index in [1.54, 1.807) is 6.08 Å². The van der Waals surface area contributed by atoms with Crippen molar-refractivity contribution in [3.05, 3.63) is 119 Å². The molecular formula is C40H56O3. The summed E-state index contributed by atoms with van der Waals surface area (Å²) in [6.45, 7) is 20.9. The van der Waals surface area contributed by atoms with Crippen molar-refractivity contribution in [3.8, 4) is 0 Å². The van der Waals surface area contributed by atoms with E-state index >= 15 is 0 Å². The van der Waals surface area contributed by atoms with E-state index in [-0.39, 0.29) is 22.7 Å². The molecule has 3 nitrogen and oxygen atoms in total. The zero-order valence-electron chi connectivity index (χ0n) is 28.4. The van der Waals surface area contributed by atoms with Gasteiger partial charge in [-0.25, -0.2) is 0 Å². The lowest BCUT2D eigenvalue weighted by Crippen LogP contribution is -2.36. The fraction of sp³-hybridized carbons (Fsp3) is 0.475. The smallest absolute Gasteiger partial charge is 0.162 e. The number of hydrogen-bond donors (Lipinski definition) is 2. The van der Waals surface area contributed by atoms with Gasteiger partial charge in [0, 0.05) is 5.41 Å². The molecule has 3 heteroatoms. The molecule has 43 heavy (non-hydrogen) atoms. The Labute approximate surface area is 262 Å². The van der Waals surface area contributed by atoms with Crippen LogP contribution in [0, 0.1) is 16.2 Å². The van der Waals surface area contributed by atoms with E-state index in [9.17, 15) is 15.0 Å². The Morgan fingerprint density at radius 3 is 1.63 bits per heavy atom. The van der Waals surface area contributed by atoms with E-state index in [0.717, 1.165) is 29.6 Å². The molecule has 2 aliphatic rings. The summed E-state index contributed by atoms with van der Waals surface area (Å²) >= 11 is 0. The summed E-state index contributed by atoms with van der Waals surface area (Å²) in [5, 5.41) is 20.2. The van der Waals surface area contributed by atoms with Crippen molar-refractivity contribution < 1.29 is 15.0 Å². The largest absolute Gasteiger partial charge is 0.393 e. The van der Waals surface area contributed by atoms with Crippen LogP contribution in [0.3, 0.4) is 0 Å². The van der Waals surface area contributed by atoms with Crippen molar-refractivity contribution in [2.45, 2.75) is 107 Å². The van der Waals surface area contributed by atoms with E-state index in [4.69, 9.17) is 0 Å². The van der Waals surface area contributed by atoms with Crippen molar-refractivity contribution in [2.75, 3.05) is 0 Å². The fourth-order valence-electron chi connectivity index (χ4n) is 6.19. The zero-order chi connectivity index (χ0) is 32.4. The summed E-state index contributed by atoms with van der Waals surface area (Å²) in [7, 11) is 0. The Morgan fingerprint density at radius 1 is 0.651 bits per heavy atom. The van der Waals surface area contributed by atoms with Gasteiger partial charge in [0.15, 0.2) is 5.78 Å². The molecule has 2 aliphatic carbocycles. The molecule has 0 aliphatic heterocycles. The maximum Gasteiger partial charge on any atom is 0.162 e. The molecule has 0 aromatic rings. The number of carbonyl (C=O) groups excluding carboxylic acids is 1. The molecule has 0 radical (unpaired) electrons. The van der Waals surface area contributed by atoms with E-state index in [1.807, 2.05) is 50.3 Å². The van der Waals surface area contributed by atoms with E-state index in [1.165, 1.54) is 16.7 Å². The third-order valence-corrected chi connectivity index (χ3v) is 9.18. The van der Waals surface area contributed by atoms with Crippen molar-refractivity contribution >= 4 is 5.78 Å². The molecule has 0 aromatic heterocycles. The topological polar surface area (TPSA) is 57.5 Å². The summed E-state index contributed by atoms with van der Waals surface area (Å²) in [6, 6.07) is 0. The van der Waals surface area contributed by atoms with Gasteiger partial charge in [-0.3, -0.25) is 4.79 Å². The number of hydrogen-bond acceptors (Lipinski definition) is 3. The number of carbonyl (C=O) groups is 1. The maximum absolute atomic E-state index is 12.9. The van der Waals surface area contributed by atoms with Crippen LogP contribution in [0.2, 0.25) is 0 Å². The molecule has 0 saturated heterocycles. The number of aliphatic hydroxyl groups excluding tert-OH is 2. The van der Waals surface area contributed by atoms with Gasteiger partial charge in [0.1, 0.15) is 0 Å². The van der Waals surface area contributed by atoms with Gasteiger partial charge in [-0.15, -0.1) is 0 Å². The molecule has 0 unspecified atom stereocenters. The predicted molar refractivity (Wildman–Crippen MR) is 185 cm³/mol. The first-order chi connectivity index (χ1) is 20.0. The van der Waals surface area contributed by atoms with Crippen molar-refractivity contribution in [2.24, 2.45) is 16.2 Å². The summed E-state index contributed by atoms with van der Waals surface area (Å²) in [6.07, 6.45) is 30.6. The summed E-state index contributed by atoms with van der Waals surface area (Å²) < 4.78 is 0. The second-order valence-electron chi connectivity index (χ2n) is 14.2. The van der Waals surface area contributed by atoms with Gasteiger partial charge in [-0.05, 0) is 82.8 Å². The Bertz CT molecular complexity index is 1310. The zero-order valence-corrected chi connectivity index (χ0v) is 28.4. The van der Waals surface area contributed by atoms with Gasteiger partial charge in [-0.1, -0.05) is 141 Å². The summed E-state index contributed by atoms with van der Waals surface area (Å²) in [5.74, 6) is 0.0853. The van der Waals surface area contributed by atoms with Crippen molar-refractivity contribution in [1.29, 1.82) is 0 Å². The third kappa shape index (κ3) is 10.9. The highest BCUT2D eigenvalue weighted by atomic mass is 16.3. The average molecular weight is 585 g/mol. The minimum Gasteiger partial charge on any atom is -0.393 e. The maximum atomic E-state index is 12.9. The lowest BCUT2D eigenvalue weighted by atomic mass is 9.66. The van der Waals surface area contributed by atoms with Crippen LogP contribution in [-0.2, 0) is 4.79 Å². The van der Waals surface area contributed by atoms with E-state index in [2.05, 4.69) is 97.9 Å². The Morgan fingerprint density at radius 2 is 1.14 bits per heavy atom. The van der Waals surface area contributed by atoms with Crippen LogP contribution >= 0.6 is 0 Å². The van der Waals surface area contributed by atoms with Gasteiger partial charge in [0.05, 0.1) is 12.2 Å². The van der Waals surface area contributed by atoms with Crippen LogP contribution in [0.1, 0.15) is 94.9 Å². The number of allylic oxidation sites excluding steroid dienone is 19. The van der Waals surface area contributed by atoms with Gasteiger partial charge in [0.2, 0.25) is 0 Å². The molecule has 0 aromatic carbocycles. The second kappa shape index (κ2) is 15.6. The van der Waals surface area contributed by atoms with Gasteiger partial charge in [0.25, 0.3) is 0 Å². The number of ketones is 1. The standard InChI is InChI=1S/C40H56O3/c1-29(17-13-19-31(3)21-23-36-33(5)25-34(41)26-38(36,6)7)15-11-12-16-30(2)18-14-20-32(4)22-24-37(43)40(10)28-35(42)27-39(40,8)9/h11-24,34-35,41-42H,25-28H2,1-10H3/b12-11+,17-13-,18-14+,23-21+,24-22+,29-15-,30-16+,31-19+,32-20+/t34-,35-,40-/m1/s1. The minimum atomic E-state index is -0.532. The van der Waals surface area contributed by atoms with Crippen LogP contribution in [-0.4, -0.2) is 28.2 Å². The van der Waals surface area contributed by atoms with E-state index in [0.29, 0.717) is 12.8 Å². The van der Waals surface area contributed by atoms with E-state index < -0.39 is 11.5 Å². The molecule has 3 atom stereocenters. The number of aliphatic hydroxyl groups is 2. The van der Waals surface area contributed by atoms with Crippen molar-refractivity contribution in [3.63, 3.8) is 0 Å². The fourth-order valence-corrected chi connectivity index (χ4v) is 6.19. The molecule has 234 valence electrons. The normalized spacial score (nSPS) is 27.7. The highest BCUT2D eigenvalue weighted by Gasteiger charge is 2.52. The first kappa shape index (κ1) is 36.2. The van der Waals surface area contributed by atoms with Crippen LogP contribution in [0.25, 0.3) is 0 Å². The molecule has 1 fully saturated rings. The van der Waals surface area contributed by atoms with Crippen LogP contribution < -0.4 is 0 Å². The monoisotopic (exact) mass is 584 g/mol. The Kier molecular flexibility index (Phi) is 13.2. The second-order valence-corrected chi connectivity index (χ2v) is 14.2. The predicted octanol–water partition coefficient (Wildman–Crippen LogP) is 9.81. The third-order valence-electron chi connectivity index (χ3n) is 9.18.